The van der Waals surface area contributed by atoms with Gasteiger partial charge in [-0.3, -0.25) is 0 Å². The first kappa shape index (κ1) is 15.9. The highest BCUT2D eigenvalue weighted by Gasteiger charge is 2.23. The molecule has 1 heterocycles. The normalized spacial score (nSPS) is 22.4. The fourth-order valence-corrected chi connectivity index (χ4v) is 2.58. The minimum Gasteiger partial charge on any atom is -0.381 e. The molecular formula is C15H27N5O. The highest BCUT2D eigenvalue weighted by Crippen LogP contribution is 2.23. The van der Waals surface area contributed by atoms with Crippen molar-refractivity contribution in [1.82, 2.24) is 15.0 Å². The number of ether oxygens (including phenoxy) is 1. The Hall–Kier alpha value is -1.43. The third-order valence-electron chi connectivity index (χ3n) is 3.85. The van der Waals surface area contributed by atoms with E-state index in [9.17, 15) is 0 Å². The first-order valence-electron chi connectivity index (χ1n) is 7.72. The molecule has 0 amide bonds. The molecule has 2 rings (SSSR count). The maximum atomic E-state index is 5.48. The second-order valence-electron chi connectivity index (χ2n) is 6.23. The van der Waals surface area contributed by atoms with Crippen LogP contribution in [0.2, 0.25) is 0 Å². The molecule has 0 spiro atoms. The number of rotatable bonds is 5. The van der Waals surface area contributed by atoms with Crippen LogP contribution in [-0.4, -0.2) is 48.3 Å². The molecule has 118 valence electrons. The fraction of sp³-hybridized carbons (Fsp3) is 0.800. The molecule has 1 aromatic rings. The topological polar surface area (TPSA) is 63.2 Å². The number of nitrogens with zero attached hydrogens (tertiary/aromatic N) is 4. The van der Waals surface area contributed by atoms with E-state index in [4.69, 9.17) is 4.74 Å². The summed E-state index contributed by atoms with van der Waals surface area (Å²) in [7, 11) is 5.69. The number of hydrogen-bond acceptors (Lipinski definition) is 6. The van der Waals surface area contributed by atoms with E-state index in [0.29, 0.717) is 24.0 Å². The van der Waals surface area contributed by atoms with Gasteiger partial charge in [-0.15, -0.1) is 0 Å². The summed E-state index contributed by atoms with van der Waals surface area (Å²) in [6, 6.07) is 0.376. The number of aromatic nitrogens is 3. The Bertz CT molecular complexity index is 437. The summed E-state index contributed by atoms with van der Waals surface area (Å²) in [6.07, 6.45) is 4.82. The Kier molecular flexibility index (Phi) is 5.33. The van der Waals surface area contributed by atoms with Gasteiger partial charge in [0.05, 0.1) is 6.10 Å². The van der Waals surface area contributed by atoms with Gasteiger partial charge in [0.2, 0.25) is 11.9 Å². The molecule has 6 heteroatoms. The van der Waals surface area contributed by atoms with Crippen molar-refractivity contribution in [3.63, 3.8) is 0 Å². The summed E-state index contributed by atoms with van der Waals surface area (Å²) in [6.45, 7) is 4.19. The van der Waals surface area contributed by atoms with E-state index < -0.39 is 0 Å². The second-order valence-corrected chi connectivity index (χ2v) is 6.23. The van der Waals surface area contributed by atoms with Crippen molar-refractivity contribution in [2.45, 2.75) is 57.6 Å². The standard InChI is InChI=1S/C15H27N5O/c1-10(2)13-17-14(19-15(18-13)20(3)4)16-11-7-6-8-12(9-11)21-5/h10-12H,6-9H2,1-5H3,(H,16,17,18,19). The molecule has 0 aromatic carbocycles. The van der Waals surface area contributed by atoms with Crippen molar-refractivity contribution in [3.05, 3.63) is 5.82 Å². The molecular weight excluding hydrogens is 266 g/mol. The molecule has 1 aliphatic carbocycles. The van der Waals surface area contributed by atoms with Crippen molar-refractivity contribution in [2.75, 3.05) is 31.4 Å². The largest absolute Gasteiger partial charge is 0.381 e. The molecule has 1 fully saturated rings. The zero-order valence-corrected chi connectivity index (χ0v) is 13.8. The molecule has 2 atom stereocenters. The van der Waals surface area contributed by atoms with Crippen LogP contribution in [0.1, 0.15) is 51.3 Å². The average Bonchev–Trinajstić information content (AvgIpc) is 2.47. The molecule has 1 aliphatic rings. The van der Waals surface area contributed by atoms with Gasteiger partial charge in [0, 0.05) is 33.2 Å². The fourth-order valence-electron chi connectivity index (χ4n) is 2.58. The van der Waals surface area contributed by atoms with Crippen LogP contribution in [0, 0.1) is 0 Å². The number of nitrogens with one attached hydrogen (secondary N) is 1. The lowest BCUT2D eigenvalue weighted by molar-refractivity contribution is 0.0668. The smallest absolute Gasteiger partial charge is 0.229 e. The summed E-state index contributed by atoms with van der Waals surface area (Å²) >= 11 is 0. The lowest BCUT2D eigenvalue weighted by Gasteiger charge is -2.29. The van der Waals surface area contributed by atoms with Crippen molar-refractivity contribution < 1.29 is 4.74 Å². The molecule has 6 nitrogen and oxygen atoms in total. The van der Waals surface area contributed by atoms with Crippen LogP contribution in [0.25, 0.3) is 0 Å². The minimum atomic E-state index is 0.283. The lowest BCUT2D eigenvalue weighted by Crippen LogP contribution is -2.32. The molecule has 2 unspecified atom stereocenters. The van der Waals surface area contributed by atoms with Gasteiger partial charge in [0.15, 0.2) is 0 Å². The van der Waals surface area contributed by atoms with Gasteiger partial charge < -0.3 is 15.0 Å². The van der Waals surface area contributed by atoms with Gasteiger partial charge in [-0.25, -0.2) is 0 Å². The second kappa shape index (κ2) is 7.02. The Labute approximate surface area is 127 Å². The quantitative estimate of drug-likeness (QED) is 0.899. The van der Waals surface area contributed by atoms with Gasteiger partial charge in [0.25, 0.3) is 0 Å². The van der Waals surface area contributed by atoms with Gasteiger partial charge in [-0.05, 0) is 25.7 Å². The molecule has 21 heavy (non-hydrogen) atoms. The summed E-state index contributed by atoms with van der Waals surface area (Å²) in [5.74, 6) is 2.50. The SMILES string of the molecule is COC1CCCC(Nc2nc(C(C)C)nc(N(C)C)n2)C1. The van der Waals surface area contributed by atoms with E-state index >= 15 is 0 Å². The third-order valence-corrected chi connectivity index (χ3v) is 3.85. The van der Waals surface area contributed by atoms with Gasteiger partial charge in [-0.1, -0.05) is 13.8 Å². The van der Waals surface area contributed by atoms with Gasteiger partial charge >= 0.3 is 0 Å². The molecule has 0 bridgehead atoms. The number of methoxy groups -OCH3 is 1. The van der Waals surface area contributed by atoms with E-state index in [-0.39, 0.29) is 5.92 Å². The highest BCUT2D eigenvalue weighted by atomic mass is 16.5. The first-order valence-corrected chi connectivity index (χ1v) is 7.72. The maximum absolute atomic E-state index is 5.48. The van der Waals surface area contributed by atoms with Crippen molar-refractivity contribution in [1.29, 1.82) is 0 Å². The predicted octanol–water partition coefficient (Wildman–Crippen LogP) is 2.43. The lowest BCUT2D eigenvalue weighted by atomic mass is 9.93. The Morgan fingerprint density at radius 1 is 1.19 bits per heavy atom. The molecule has 1 aromatic heterocycles. The van der Waals surface area contributed by atoms with Crippen LogP contribution < -0.4 is 10.2 Å². The third kappa shape index (κ3) is 4.27. The van der Waals surface area contributed by atoms with Crippen LogP contribution in [0.5, 0.6) is 0 Å². The van der Waals surface area contributed by atoms with Crippen molar-refractivity contribution in [2.24, 2.45) is 0 Å². The zero-order valence-electron chi connectivity index (χ0n) is 13.8. The molecule has 0 saturated heterocycles. The van der Waals surface area contributed by atoms with E-state index in [0.717, 1.165) is 25.1 Å². The van der Waals surface area contributed by atoms with E-state index in [2.05, 4.69) is 34.1 Å². The van der Waals surface area contributed by atoms with E-state index in [1.807, 2.05) is 19.0 Å². The predicted molar refractivity (Wildman–Crippen MR) is 84.9 cm³/mol. The first-order chi connectivity index (χ1) is 9.99. The van der Waals surface area contributed by atoms with Crippen molar-refractivity contribution >= 4 is 11.9 Å². The molecule has 0 radical (unpaired) electrons. The van der Waals surface area contributed by atoms with Crippen LogP contribution in [0.4, 0.5) is 11.9 Å². The number of hydrogen-bond donors (Lipinski definition) is 1. The number of anilines is 2. The van der Waals surface area contributed by atoms with E-state index in [1.165, 1.54) is 6.42 Å². The Morgan fingerprint density at radius 3 is 2.57 bits per heavy atom. The molecule has 0 aliphatic heterocycles. The maximum Gasteiger partial charge on any atom is 0.229 e. The van der Waals surface area contributed by atoms with E-state index in [1.54, 1.807) is 7.11 Å². The van der Waals surface area contributed by atoms with Crippen molar-refractivity contribution in [3.8, 4) is 0 Å². The zero-order chi connectivity index (χ0) is 15.4. The minimum absolute atomic E-state index is 0.283. The van der Waals surface area contributed by atoms with Crippen LogP contribution >= 0.6 is 0 Å². The monoisotopic (exact) mass is 293 g/mol. The Morgan fingerprint density at radius 2 is 1.95 bits per heavy atom. The summed E-state index contributed by atoms with van der Waals surface area (Å²) in [5, 5.41) is 3.47. The van der Waals surface area contributed by atoms with Gasteiger partial charge in [0.1, 0.15) is 5.82 Å². The van der Waals surface area contributed by atoms with Crippen LogP contribution in [0.3, 0.4) is 0 Å². The van der Waals surface area contributed by atoms with Crippen LogP contribution in [-0.2, 0) is 4.74 Å². The average molecular weight is 293 g/mol. The molecule has 1 N–H and O–H groups in total. The summed E-state index contributed by atoms with van der Waals surface area (Å²) < 4.78 is 5.48. The summed E-state index contributed by atoms with van der Waals surface area (Å²) in [4.78, 5) is 15.5. The highest BCUT2D eigenvalue weighted by molar-refractivity contribution is 5.37. The van der Waals surface area contributed by atoms with Crippen LogP contribution in [0.15, 0.2) is 0 Å². The Balaban J connectivity index is 2.14. The summed E-state index contributed by atoms with van der Waals surface area (Å²) in [5.41, 5.74) is 0. The molecule has 1 saturated carbocycles. The van der Waals surface area contributed by atoms with Gasteiger partial charge in [-0.2, -0.15) is 15.0 Å².